The summed E-state index contributed by atoms with van der Waals surface area (Å²) in [6, 6.07) is 3.31. The summed E-state index contributed by atoms with van der Waals surface area (Å²) in [5.41, 5.74) is 1.05. The van der Waals surface area contributed by atoms with Crippen molar-refractivity contribution in [3.63, 3.8) is 0 Å². The number of furan rings is 1. The third kappa shape index (κ3) is 2.68. The van der Waals surface area contributed by atoms with Gasteiger partial charge >= 0.3 is 5.97 Å². The van der Waals surface area contributed by atoms with Crippen LogP contribution in [0.1, 0.15) is 38.5 Å². The summed E-state index contributed by atoms with van der Waals surface area (Å²) in [5.74, 6) is -0.602. The van der Waals surface area contributed by atoms with Gasteiger partial charge < -0.3 is 14.8 Å². The summed E-state index contributed by atoms with van der Waals surface area (Å²) in [6.45, 7) is 3.67. The van der Waals surface area contributed by atoms with E-state index in [1.807, 2.05) is 6.92 Å². The van der Waals surface area contributed by atoms with Crippen molar-refractivity contribution in [2.45, 2.75) is 20.3 Å². The van der Waals surface area contributed by atoms with Gasteiger partial charge in [0.1, 0.15) is 10.6 Å². The molecule has 1 amide bonds. The van der Waals surface area contributed by atoms with Gasteiger partial charge in [0, 0.05) is 6.42 Å². The van der Waals surface area contributed by atoms with Gasteiger partial charge in [0.25, 0.3) is 5.91 Å². The monoisotopic (exact) mass is 279 g/mol. The van der Waals surface area contributed by atoms with Gasteiger partial charge in [-0.15, -0.1) is 11.3 Å². The summed E-state index contributed by atoms with van der Waals surface area (Å²) in [6.07, 6.45) is 0.700. The molecule has 2 rings (SSSR count). The van der Waals surface area contributed by atoms with Crippen molar-refractivity contribution in [3.8, 4) is 0 Å². The summed E-state index contributed by atoms with van der Waals surface area (Å²) >= 11 is 1.09. The normalized spacial score (nSPS) is 10.4. The number of anilines is 1. The number of carbonyl (C=O) groups excluding carboxylic acids is 1. The van der Waals surface area contributed by atoms with Crippen LogP contribution in [0.2, 0.25) is 0 Å². The molecule has 2 heterocycles. The van der Waals surface area contributed by atoms with E-state index in [0.29, 0.717) is 17.9 Å². The number of amides is 1. The fourth-order valence-corrected chi connectivity index (χ4v) is 2.47. The number of carboxylic acids is 1. The number of hydrogen-bond donors (Lipinski definition) is 2. The molecule has 100 valence electrons. The number of aromatic carboxylic acids is 1. The molecular weight excluding hydrogens is 266 g/mol. The number of rotatable bonds is 4. The zero-order valence-electron chi connectivity index (χ0n) is 10.5. The maximum Gasteiger partial charge on any atom is 0.348 e. The molecule has 2 aromatic heterocycles. The van der Waals surface area contributed by atoms with Gasteiger partial charge in [0.05, 0.1) is 5.69 Å². The lowest BCUT2D eigenvalue weighted by molar-refractivity contribution is 0.0703. The smallest absolute Gasteiger partial charge is 0.348 e. The van der Waals surface area contributed by atoms with Crippen molar-refractivity contribution in [2.24, 2.45) is 0 Å². The van der Waals surface area contributed by atoms with Crippen LogP contribution >= 0.6 is 11.3 Å². The first-order valence-electron chi connectivity index (χ1n) is 5.74. The highest BCUT2D eigenvalue weighted by Gasteiger charge is 2.19. The Morgan fingerprint density at radius 3 is 2.74 bits per heavy atom. The van der Waals surface area contributed by atoms with Crippen LogP contribution < -0.4 is 5.32 Å². The molecule has 0 bridgehead atoms. The summed E-state index contributed by atoms with van der Waals surface area (Å²) in [7, 11) is 0. The van der Waals surface area contributed by atoms with Gasteiger partial charge in [-0.05, 0) is 30.0 Å². The van der Waals surface area contributed by atoms with E-state index in [1.54, 1.807) is 24.4 Å². The van der Waals surface area contributed by atoms with E-state index in [9.17, 15) is 9.59 Å². The Labute approximate surface area is 113 Å². The topological polar surface area (TPSA) is 79.5 Å². The summed E-state index contributed by atoms with van der Waals surface area (Å²) < 4.78 is 5.33. The van der Waals surface area contributed by atoms with Crippen LogP contribution in [0.4, 0.5) is 5.69 Å². The first kappa shape index (κ1) is 13.4. The minimum Gasteiger partial charge on any atom is -0.477 e. The molecule has 0 saturated heterocycles. The molecule has 0 aliphatic rings. The average Bonchev–Trinajstić information content (AvgIpc) is 2.97. The first-order valence-corrected chi connectivity index (χ1v) is 6.62. The van der Waals surface area contributed by atoms with Crippen molar-refractivity contribution in [2.75, 3.05) is 5.32 Å². The van der Waals surface area contributed by atoms with E-state index in [-0.39, 0.29) is 10.6 Å². The molecule has 5 nitrogen and oxygen atoms in total. The highest BCUT2D eigenvalue weighted by Crippen LogP contribution is 2.28. The lowest BCUT2D eigenvalue weighted by atomic mass is 10.2. The van der Waals surface area contributed by atoms with Crippen LogP contribution in [0.3, 0.4) is 0 Å². The molecule has 0 saturated carbocycles. The average molecular weight is 279 g/mol. The van der Waals surface area contributed by atoms with Crippen molar-refractivity contribution in [1.82, 2.24) is 0 Å². The van der Waals surface area contributed by atoms with Crippen molar-refractivity contribution >= 4 is 28.9 Å². The Kier molecular flexibility index (Phi) is 3.71. The Bertz CT molecular complexity index is 626. The molecule has 0 atom stereocenters. The molecule has 0 aliphatic carbocycles. The zero-order chi connectivity index (χ0) is 14.0. The van der Waals surface area contributed by atoms with Gasteiger partial charge in [0.2, 0.25) is 0 Å². The van der Waals surface area contributed by atoms with Gasteiger partial charge in [0.15, 0.2) is 5.76 Å². The van der Waals surface area contributed by atoms with Crippen LogP contribution in [0.15, 0.2) is 21.9 Å². The van der Waals surface area contributed by atoms with Crippen LogP contribution in [0, 0.1) is 6.92 Å². The minimum atomic E-state index is -1.05. The van der Waals surface area contributed by atoms with Crippen LogP contribution in [-0.2, 0) is 6.42 Å². The van der Waals surface area contributed by atoms with Crippen molar-refractivity contribution < 1.29 is 19.1 Å². The van der Waals surface area contributed by atoms with E-state index in [0.717, 1.165) is 16.9 Å². The number of carbonyl (C=O) groups is 2. The molecule has 0 unspecified atom stereocenters. The van der Waals surface area contributed by atoms with Crippen molar-refractivity contribution in [1.29, 1.82) is 0 Å². The third-order valence-corrected chi connectivity index (χ3v) is 3.73. The quantitative estimate of drug-likeness (QED) is 0.901. The first-order chi connectivity index (χ1) is 9.02. The van der Waals surface area contributed by atoms with Crippen LogP contribution in [0.5, 0.6) is 0 Å². The highest BCUT2D eigenvalue weighted by molar-refractivity contribution is 7.12. The molecular formula is C13H13NO4S. The molecule has 2 N–H and O–H groups in total. The minimum absolute atomic E-state index is 0.119. The fraction of sp³-hybridized carbons (Fsp3) is 0.231. The SMILES string of the molecule is CCc1ccc(C(=O)Nc2c(C)csc2C(=O)O)o1. The second-order valence-corrected chi connectivity index (χ2v) is 4.88. The van der Waals surface area contributed by atoms with Gasteiger partial charge in [-0.2, -0.15) is 0 Å². The molecule has 0 fully saturated rings. The molecule has 6 heteroatoms. The second kappa shape index (κ2) is 5.27. The van der Waals surface area contributed by atoms with E-state index in [2.05, 4.69) is 5.32 Å². The summed E-state index contributed by atoms with van der Waals surface area (Å²) in [5, 5.41) is 13.3. The number of thiophene rings is 1. The maximum atomic E-state index is 12.0. The predicted molar refractivity (Wildman–Crippen MR) is 72.1 cm³/mol. The Morgan fingerprint density at radius 2 is 2.16 bits per heavy atom. The standard InChI is InChI=1S/C13H13NO4S/c1-3-8-4-5-9(18-8)12(15)14-10-7(2)6-19-11(10)13(16)17/h4-6H,3H2,1-2H3,(H,14,15)(H,16,17). The number of nitrogens with one attached hydrogen (secondary N) is 1. The van der Waals surface area contributed by atoms with Crippen molar-refractivity contribution in [3.05, 3.63) is 39.5 Å². The lowest BCUT2D eigenvalue weighted by Crippen LogP contribution is -2.13. The van der Waals surface area contributed by atoms with Crippen LogP contribution in [-0.4, -0.2) is 17.0 Å². The third-order valence-electron chi connectivity index (χ3n) is 2.64. The number of hydrogen-bond acceptors (Lipinski definition) is 4. The molecule has 0 aromatic carbocycles. The van der Waals surface area contributed by atoms with Gasteiger partial charge in [-0.1, -0.05) is 6.92 Å². The second-order valence-electron chi connectivity index (χ2n) is 4.00. The summed E-state index contributed by atoms with van der Waals surface area (Å²) in [4.78, 5) is 23.1. The highest BCUT2D eigenvalue weighted by atomic mass is 32.1. The van der Waals surface area contributed by atoms with Crippen LogP contribution in [0.25, 0.3) is 0 Å². The molecule has 0 aliphatic heterocycles. The molecule has 19 heavy (non-hydrogen) atoms. The lowest BCUT2D eigenvalue weighted by Gasteiger charge is -2.04. The van der Waals surface area contributed by atoms with E-state index < -0.39 is 11.9 Å². The zero-order valence-corrected chi connectivity index (χ0v) is 11.3. The molecule has 0 radical (unpaired) electrons. The molecule has 0 spiro atoms. The Hall–Kier alpha value is -2.08. The molecule has 2 aromatic rings. The van der Waals surface area contributed by atoms with Gasteiger partial charge in [-0.3, -0.25) is 4.79 Å². The van der Waals surface area contributed by atoms with E-state index in [1.165, 1.54) is 0 Å². The Balaban J connectivity index is 2.23. The van der Waals surface area contributed by atoms with Gasteiger partial charge in [-0.25, -0.2) is 4.79 Å². The maximum absolute atomic E-state index is 12.0. The van der Waals surface area contributed by atoms with E-state index >= 15 is 0 Å². The number of carboxylic acid groups (broad SMARTS) is 1. The number of aryl methyl sites for hydroxylation is 2. The van der Waals surface area contributed by atoms with E-state index in [4.69, 9.17) is 9.52 Å². The largest absolute Gasteiger partial charge is 0.477 e. The predicted octanol–water partition coefficient (Wildman–Crippen LogP) is 3.16. The fourth-order valence-electron chi connectivity index (χ4n) is 1.62. The Morgan fingerprint density at radius 1 is 1.42 bits per heavy atom.